The lowest BCUT2D eigenvalue weighted by atomic mass is 10.3. The number of nitrogens with two attached hydrogens (primary N) is 1. The fourth-order valence-electron chi connectivity index (χ4n) is 1.46. The third kappa shape index (κ3) is 3.47. The first-order valence-electron chi connectivity index (χ1n) is 5.55. The number of halogens is 2. The smallest absolute Gasteiger partial charge is 0.321 e. The summed E-state index contributed by atoms with van der Waals surface area (Å²) in [5, 5.41) is 0. The molecule has 0 amide bonds. The van der Waals surface area contributed by atoms with Gasteiger partial charge in [-0.3, -0.25) is 4.79 Å². The molecule has 9 heteroatoms. The molecule has 1 aromatic rings. The average Bonchev–Trinajstić information content (AvgIpc) is 2.39. The first kappa shape index (κ1) is 16.9. The number of carbonyl (C=O) groups excluding carboxylic acids is 1. The second-order valence-corrected chi connectivity index (χ2v) is 6.57. The molecule has 6 nitrogen and oxygen atoms in total. The summed E-state index contributed by atoms with van der Waals surface area (Å²) < 4.78 is 43.5. The molecule has 0 bridgehead atoms. The van der Waals surface area contributed by atoms with Gasteiger partial charge in [0.15, 0.2) is 0 Å². The zero-order valence-corrected chi connectivity index (χ0v) is 13.3. The van der Waals surface area contributed by atoms with E-state index in [2.05, 4.69) is 20.7 Å². The minimum Gasteiger partial charge on any atom is -0.468 e. The highest BCUT2D eigenvalue weighted by Crippen LogP contribution is 2.29. The molecule has 1 rings (SSSR count). The summed E-state index contributed by atoms with van der Waals surface area (Å²) >= 11 is 2.98. The number of rotatable bonds is 5. The topological polar surface area (TPSA) is 89.7 Å². The molecule has 0 radical (unpaired) electrons. The third-order valence-electron chi connectivity index (χ3n) is 2.55. The van der Waals surface area contributed by atoms with E-state index in [1.54, 1.807) is 6.92 Å². The zero-order valence-electron chi connectivity index (χ0n) is 10.9. The average molecular weight is 369 g/mol. The Bertz CT molecular complexity index is 621. The number of nitrogens with zero attached hydrogens (tertiary/aromatic N) is 1. The number of benzene rings is 1. The summed E-state index contributed by atoms with van der Waals surface area (Å²) in [4.78, 5) is 11.0. The Kier molecular flexibility index (Phi) is 5.49. The number of hydrogen-bond donors (Lipinski definition) is 1. The minimum absolute atomic E-state index is 0.0347. The van der Waals surface area contributed by atoms with Gasteiger partial charge < -0.3 is 10.5 Å². The van der Waals surface area contributed by atoms with Gasteiger partial charge in [-0.05, 0) is 28.1 Å². The third-order valence-corrected chi connectivity index (χ3v) is 5.43. The Morgan fingerprint density at radius 1 is 1.50 bits per heavy atom. The number of ether oxygens (including phenoxy) is 1. The quantitative estimate of drug-likeness (QED) is 0.625. The number of sulfonamides is 1. The molecule has 0 atom stereocenters. The normalized spacial score (nSPS) is 11.7. The molecule has 20 heavy (non-hydrogen) atoms. The lowest BCUT2D eigenvalue weighted by Gasteiger charge is -2.20. The van der Waals surface area contributed by atoms with Crippen molar-refractivity contribution >= 4 is 37.6 Å². The van der Waals surface area contributed by atoms with E-state index in [1.807, 2.05) is 0 Å². The largest absolute Gasteiger partial charge is 0.468 e. The van der Waals surface area contributed by atoms with Crippen molar-refractivity contribution < 1.29 is 22.3 Å². The fraction of sp³-hybridized carbons (Fsp3) is 0.364. The summed E-state index contributed by atoms with van der Waals surface area (Å²) in [5.74, 6) is -1.42. The van der Waals surface area contributed by atoms with Crippen LogP contribution in [-0.2, 0) is 19.6 Å². The number of nitrogen functional groups attached to an aromatic ring is 1. The molecule has 1 aromatic carbocycles. The number of methoxy groups -OCH3 is 1. The number of hydrogen-bond acceptors (Lipinski definition) is 5. The van der Waals surface area contributed by atoms with Crippen LogP contribution in [0.4, 0.5) is 10.1 Å². The fourth-order valence-corrected chi connectivity index (χ4v) is 3.86. The summed E-state index contributed by atoms with van der Waals surface area (Å²) in [6.45, 7) is 1.20. The van der Waals surface area contributed by atoms with Crippen molar-refractivity contribution in [1.82, 2.24) is 4.31 Å². The summed E-state index contributed by atoms with van der Waals surface area (Å²) in [7, 11) is -2.83. The van der Waals surface area contributed by atoms with Crippen LogP contribution in [0.2, 0.25) is 0 Å². The van der Waals surface area contributed by atoms with Crippen LogP contribution in [0, 0.1) is 5.82 Å². The highest BCUT2D eigenvalue weighted by molar-refractivity contribution is 9.10. The molecular formula is C11H14BrFN2O4S. The Morgan fingerprint density at radius 3 is 2.60 bits per heavy atom. The van der Waals surface area contributed by atoms with E-state index < -0.39 is 28.4 Å². The molecule has 0 saturated carbocycles. The molecule has 0 saturated heterocycles. The first-order chi connectivity index (χ1) is 9.23. The summed E-state index contributed by atoms with van der Waals surface area (Å²) in [6, 6.07) is 1.98. The predicted octanol–water partition coefficient (Wildman–Crippen LogP) is 1.35. The highest BCUT2D eigenvalue weighted by Gasteiger charge is 2.28. The van der Waals surface area contributed by atoms with Crippen LogP contribution in [-0.4, -0.2) is 38.9 Å². The summed E-state index contributed by atoms with van der Waals surface area (Å²) in [5.41, 5.74) is 5.09. The Hall–Kier alpha value is -1.19. The maximum absolute atomic E-state index is 13.3. The Morgan fingerprint density at radius 2 is 2.10 bits per heavy atom. The highest BCUT2D eigenvalue weighted by atomic mass is 79.9. The monoisotopic (exact) mass is 368 g/mol. The second-order valence-electron chi connectivity index (χ2n) is 3.81. The van der Waals surface area contributed by atoms with Crippen LogP contribution in [0.25, 0.3) is 0 Å². The number of likely N-dealkylation sites (N-methyl/N-ethyl adjacent to an activating group) is 1. The van der Waals surface area contributed by atoms with E-state index in [4.69, 9.17) is 5.73 Å². The molecule has 0 aliphatic carbocycles. The molecule has 112 valence electrons. The predicted molar refractivity (Wildman–Crippen MR) is 75.0 cm³/mol. The van der Waals surface area contributed by atoms with E-state index >= 15 is 0 Å². The van der Waals surface area contributed by atoms with Gasteiger partial charge in [0.25, 0.3) is 0 Å². The van der Waals surface area contributed by atoms with E-state index in [1.165, 1.54) is 0 Å². The van der Waals surface area contributed by atoms with E-state index in [9.17, 15) is 17.6 Å². The van der Waals surface area contributed by atoms with Gasteiger partial charge in [-0.25, -0.2) is 12.8 Å². The molecule has 0 spiro atoms. The van der Waals surface area contributed by atoms with Gasteiger partial charge in [0, 0.05) is 11.0 Å². The number of carbonyl (C=O) groups is 1. The molecule has 2 N–H and O–H groups in total. The van der Waals surface area contributed by atoms with Gasteiger partial charge >= 0.3 is 5.97 Å². The van der Waals surface area contributed by atoms with Crippen molar-refractivity contribution in [2.75, 3.05) is 25.9 Å². The molecule has 0 unspecified atom stereocenters. The van der Waals surface area contributed by atoms with Crippen LogP contribution in [0.1, 0.15) is 6.92 Å². The van der Waals surface area contributed by atoms with Gasteiger partial charge in [0.1, 0.15) is 12.4 Å². The molecule has 0 aliphatic rings. The van der Waals surface area contributed by atoms with Crippen molar-refractivity contribution in [3.05, 3.63) is 22.4 Å². The Labute approximate surface area is 124 Å². The van der Waals surface area contributed by atoms with Crippen LogP contribution < -0.4 is 5.73 Å². The Balaban J connectivity index is 3.27. The van der Waals surface area contributed by atoms with Gasteiger partial charge in [-0.1, -0.05) is 6.92 Å². The van der Waals surface area contributed by atoms with Crippen LogP contribution in [0.15, 0.2) is 21.5 Å². The van der Waals surface area contributed by atoms with Crippen LogP contribution in [0.5, 0.6) is 0 Å². The van der Waals surface area contributed by atoms with Crippen LogP contribution in [0.3, 0.4) is 0 Å². The summed E-state index contributed by atoms with van der Waals surface area (Å²) in [6.07, 6.45) is 0. The van der Waals surface area contributed by atoms with Crippen molar-refractivity contribution in [3.63, 3.8) is 0 Å². The number of anilines is 1. The van der Waals surface area contributed by atoms with E-state index in [0.717, 1.165) is 23.5 Å². The SMILES string of the molecule is CCN(CC(=O)OC)S(=O)(=O)c1cc(N)c(F)cc1Br. The van der Waals surface area contributed by atoms with Crippen LogP contribution >= 0.6 is 15.9 Å². The molecule has 0 aromatic heterocycles. The minimum atomic E-state index is -3.99. The van der Waals surface area contributed by atoms with Gasteiger partial charge in [0.2, 0.25) is 10.0 Å². The van der Waals surface area contributed by atoms with Crippen molar-refractivity contribution in [1.29, 1.82) is 0 Å². The molecular weight excluding hydrogens is 355 g/mol. The zero-order chi connectivity index (χ0) is 15.5. The van der Waals surface area contributed by atoms with E-state index in [-0.39, 0.29) is 21.6 Å². The maximum atomic E-state index is 13.3. The molecule has 0 fully saturated rings. The van der Waals surface area contributed by atoms with Crippen molar-refractivity contribution in [2.24, 2.45) is 0 Å². The van der Waals surface area contributed by atoms with Crippen molar-refractivity contribution in [2.45, 2.75) is 11.8 Å². The number of esters is 1. The molecule has 0 heterocycles. The van der Waals surface area contributed by atoms with E-state index in [0.29, 0.717) is 0 Å². The lowest BCUT2D eigenvalue weighted by Crippen LogP contribution is -2.36. The van der Waals surface area contributed by atoms with Gasteiger partial charge in [-0.15, -0.1) is 0 Å². The van der Waals surface area contributed by atoms with Gasteiger partial charge in [0.05, 0.1) is 17.7 Å². The lowest BCUT2D eigenvalue weighted by molar-refractivity contribution is -0.140. The second kappa shape index (κ2) is 6.51. The first-order valence-corrected chi connectivity index (χ1v) is 7.78. The maximum Gasteiger partial charge on any atom is 0.321 e. The standard InChI is InChI=1S/C11H14BrFN2O4S/c1-3-15(6-11(16)19-2)20(17,18)10-5-9(14)8(13)4-7(10)12/h4-5H,3,6,14H2,1-2H3. The van der Waals surface area contributed by atoms with Gasteiger partial charge in [-0.2, -0.15) is 4.31 Å². The van der Waals surface area contributed by atoms with Crippen molar-refractivity contribution in [3.8, 4) is 0 Å². The molecule has 0 aliphatic heterocycles.